The van der Waals surface area contributed by atoms with Crippen LogP contribution >= 0.6 is 0 Å². The molecule has 0 amide bonds. The fourth-order valence-electron chi connectivity index (χ4n) is 1.16. The first kappa shape index (κ1) is 15.4. The van der Waals surface area contributed by atoms with Crippen LogP contribution in [0.1, 0.15) is 27.2 Å². The Kier molecular flexibility index (Phi) is 6.59. The Hall–Kier alpha value is -0.620. The molecule has 1 N–H and O–H groups in total. The van der Waals surface area contributed by atoms with E-state index in [4.69, 9.17) is 0 Å². The summed E-state index contributed by atoms with van der Waals surface area (Å²) in [6.07, 6.45) is 0.784. The molecular weight excluding hydrogens is 230 g/mol. The second-order valence-electron chi connectivity index (χ2n) is 4.28. The summed E-state index contributed by atoms with van der Waals surface area (Å²) in [5, 5.41) is 0. The molecule has 0 fully saturated rings. The summed E-state index contributed by atoms with van der Waals surface area (Å²) in [6.45, 7) is 5.98. The van der Waals surface area contributed by atoms with E-state index in [0.29, 0.717) is 12.5 Å². The molecule has 16 heavy (non-hydrogen) atoms. The van der Waals surface area contributed by atoms with Gasteiger partial charge < -0.3 is 4.74 Å². The molecule has 0 spiro atoms. The molecule has 0 aromatic rings. The van der Waals surface area contributed by atoms with E-state index in [1.807, 2.05) is 13.8 Å². The molecule has 0 aromatic heterocycles. The molecule has 0 unspecified atom stereocenters. The normalized spacial score (nSPS) is 13.8. The monoisotopic (exact) mass is 251 g/mol. The first-order valence-electron chi connectivity index (χ1n) is 5.33. The first-order valence-corrected chi connectivity index (χ1v) is 6.99. The van der Waals surface area contributed by atoms with E-state index < -0.39 is 21.9 Å². The van der Waals surface area contributed by atoms with Gasteiger partial charge in [-0.15, -0.1) is 0 Å². The zero-order valence-corrected chi connectivity index (χ0v) is 11.1. The lowest BCUT2D eigenvalue weighted by molar-refractivity contribution is -0.144. The van der Waals surface area contributed by atoms with Crippen LogP contribution in [0.15, 0.2) is 0 Å². The second-order valence-corrected chi connectivity index (χ2v) is 6.13. The fraction of sp³-hybridized carbons (Fsp3) is 0.900. The molecule has 0 bridgehead atoms. The van der Waals surface area contributed by atoms with Crippen molar-refractivity contribution in [3.05, 3.63) is 0 Å². The maximum atomic E-state index is 11.5. The van der Waals surface area contributed by atoms with E-state index in [2.05, 4.69) is 9.46 Å². The van der Waals surface area contributed by atoms with E-state index in [1.165, 1.54) is 14.0 Å². The first-order chi connectivity index (χ1) is 7.28. The predicted octanol–water partition coefficient (Wildman–Crippen LogP) is 0.761. The SMILES string of the molecule is COC(=O)[C@H](C)CS(=O)(=O)NCCC(C)C. The van der Waals surface area contributed by atoms with E-state index in [0.717, 1.165) is 6.42 Å². The van der Waals surface area contributed by atoms with Crippen molar-refractivity contribution >= 4 is 16.0 Å². The highest BCUT2D eigenvalue weighted by Crippen LogP contribution is 2.03. The number of nitrogens with one attached hydrogen (secondary N) is 1. The van der Waals surface area contributed by atoms with Crippen molar-refractivity contribution in [3.63, 3.8) is 0 Å². The Morgan fingerprint density at radius 1 is 1.31 bits per heavy atom. The van der Waals surface area contributed by atoms with Crippen molar-refractivity contribution in [2.45, 2.75) is 27.2 Å². The minimum Gasteiger partial charge on any atom is -0.469 e. The summed E-state index contributed by atoms with van der Waals surface area (Å²) in [6, 6.07) is 0. The maximum absolute atomic E-state index is 11.5. The quantitative estimate of drug-likeness (QED) is 0.678. The largest absolute Gasteiger partial charge is 0.469 e. The molecule has 0 saturated carbocycles. The number of ether oxygens (including phenoxy) is 1. The molecule has 0 heterocycles. The van der Waals surface area contributed by atoms with Gasteiger partial charge in [-0.2, -0.15) is 0 Å². The zero-order chi connectivity index (χ0) is 12.8. The van der Waals surface area contributed by atoms with Crippen LogP contribution in [0.3, 0.4) is 0 Å². The minimum absolute atomic E-state index is 0.224. The van der Waals surface area contributed by atoms with Gasteiger partial charge in [-0.05, 0) is 12.3 Å². The molecule has 6 heteroatoms. The summed E-state index contributed by atoms with van der Waals surface area (Å²) in [5.41, 5.74) is 0. The van der Waals surface area contributed by atoms with E-state index >= 15 is 0 Å². The lowest BCUT2D eigenvalue weighted by atomic mass is 10.1. The third-order valence-corrected chi connectivity index (χ3v) is 3.70. The van der Waals surface area contributed by atoms with Crippen molar-refractivity contribution in [3.8, 4) is 0 Å². The smallest absolute Gasteiger partial charge is 0.309 e. The number of hydrogen-bond acceptors (Lipinski definition) is 4. The predicted molar refractivity (Wildman–Crippen MR) is 62.4 cm³/mol. The molecular formula is C10H21NO4S. The Morgan fingerprint density at radius 3 is 2.31 bits per heavy atom. The molecule has 0 aliphatic carbocycles. The van der Waals surface area contributed by atoms with Crippen LogP contribution in [0.2, 0.25) is 0 Å². The number of esters is 1. The molecule has 96 valence electrons. The van der Waals surface area contributed by atoms with E-state index in [-0.39, 0.29) is 5.75 Å². The van der Waals surface area contributed by atoms with Crippen LogP contribution in [0.4, 0.5) is 0 Å². The Bertz CT molecular complexity index is 311. The van der Waals surface area contributed by atoms with E-state index in [1.54, 1.807) is 0 Å². The van der Waals surface area contributed by atoms with Crippen molar-refractivity contribution in [2.75, 3.05) is 19.4 Å². The third kappa shape index (κ3) is 6.79. The van der Waals surface area contributed by atoms with E-state index in [9.17, 15) is 13.2 Å². The van der Waals surface area contributed by atoms with Crippen LogP contribution in [-0.2, 0) is 19.6 Å². The summed E-state index contributed by atoms with van der Waals surface area (Å²) in [7, 11) is -2.13. The van der Waals surface area contributed by atoms with Crippen molar-refractivity contribution < 1.29 is 17.9 Å². The van der Waals surface area contributed by atoms with Gasteiger partial charge in [-0.25, -0.2) is 13.1 Å². The topological polar surface area (TPSA) is 72.5 Å². The summed E-state index contributed by atoms with van der Waals surface area (Å²) in [5.74, 6) is -0.922. The molecule has 0 aromatic carbocycles. The van der Waals surface area contributed by atoms with Crippen LogP contribution < -0.4 is 4.72 Å². The van der Waals surface area contributed by atoms with Gasteiger partial charge >= 0.3 is 5.97 Å². The van der Waals surface area contributed by atoms with Gasteiger partial charge in [-0.1, -0.05) is 20.8 Å². The molecule has 1 atom stereocenters. The molecule has 0 radical (unpaired) electrons. The fourth-order valence-corrected chi connectivity index (χ4v) is 2.50. The highest BCUT2D eigenvalue weighted by molar-refractivity contribution is 7.89. The third-order valence-electron chi connectivity index (χ3n) is 2.12. The summed E-state index contributed by atoms with van der Waals surface area (Å²) >= 11 is 0. The highest BCUT2D eigenvalue weighted by atomic mass is 32.2. The van der Waals surface area contributed by atoms with Gasteiger partial charge in [-0.3, -0.25) is 4.79 Å². The standard InChI is InChI=1S/C10H21NO4S/c1-8(2)5-6-11-16(13,14)7-9(3)10(12)15-4/h8-9,11H,5-7H2,1-4H3/t9-/m1/s1. The number of hydrogen-bond donors (Lipinski definition) is 1. The molecule has 0 saturated heterocycles. The summed E-state index contributed by atoms with van der Waals surface area (Å²) in [4.78, 5) is 11.1. The Morgan fingerprint density at radius 2 is 1.88 bits per heavy atom. The highest BCUT2D eigenvalue weighted by Gasteiger charge is 2.21. The number of sulfonamides is 1. The minimum atomic E-state index is -3.38. The average Bonchev–Trinajstić information content (AvgIpc) is 2.14. The second kappa shape index (κ2) is 6.85. The van der Waals surface area contributed by atoms with Crippen LogP contribution in [0.25, 0.3) is 0 Å². The van der Waals surface area contributed by atoms with Crippen molar-refractivity contribution in [2.24, 2.45) is 11.8 Å². The Balaban J connectivity index is 4.10. The lowest BCUT2D eigenvalue weighted by Crippen LogP contribution is -2.33. The van der Waals surface area contributed by atoms with Gasteiger partial charge in [0, 0.05) is 6.54 Å². The number of methoxy groups -OCH3 is 1. The van der Waals surface area contributed by atoms with Gasteiger partial charge in [0.25, 0.3) is 0 Å². The van der Waals surface area contributed by atoms with Crippen molar-refractivity contribution in [1.82, 2.24) is 4.72 Å². The summed E-state index contributed by atoms with van der Waals surface area (Å²) < 4.78 is 30.0. The van der Waals surface area contributed by atoms with Gasteiger partial charge in [0.15, 0.2) is 0 Å². The maximum Gasteiger partial charge on any atom is 0.309 e. The van der Waals surface area contributed by atoms with Gasteiger partial charge in [0.1, 0.15) is 0 Å². The zero-order valence-electron chi connectivity index (χ0n) is 10.3. The number of rotatable bonds is 7. The Labute approximate surface area is 97.6 Å². The van der Waals surface area contributed by atoms with Crippen molar-refractivity contribution in [1.29, 1.82) is 0 Å². The number of carbonyl (C=O) groups excluding carboxylic acids is 1. The number of carbonyl (C=O) groups is 1. The molecule has 0 aliphatic heterocycles. The van der Waals surface area contributed by atoms with Gasteiger partial charge in [0.2, 0.25) is 10.0 Å². The lowest BCUT2D eigenvalue weighted by Gasteiger charge is -2.11. The molecule has 0 rings (SSSR count). The van der Waals surface area contributed by atoms with Crippen LogP contribution in [0, 0.1) is 11.8 Å². The van der Waals surface area contributed by atoms with Crippen LogP contribution in [-0.4, -0.2) is 33.8 Å². The average molecular weight is 251 g/mol. The van der Waals surface area contributed by atoms with Crippen LogP contribution in [0.5, 0.6) is 0 Å². The molecule has 0 aliphatic rings. The van der Waals surface area contributed by atoms with Gasteiger partial charge in [0.05, 0.1) is 18.8 Å². The molecule has 5 nitrogen and oxygen atoms in total.